The van der Waals surface area contributed by atoms with Crippen molar-refractivity contribution in [3.05, 3.63) is 70.2 Å². The van der Waals surface area contributed by atoms with E-state index >= 15 is 0 Å². The van der Waals surface area contributed by atoms with E-state index in [1.54, 1.807) is 18.2 Å². The maximum Gasteiger partial charge on any atom is 0.341 e. The number of nitrogens with zero attached hydrogens (tertiary/aromatic N) is 1. The van der Waals surface area contributed by atoms with E-state index < -0.39 is 5.97 Å². The molecule has 0 spiro atoms. The van der Waals surface area contributed by atoms with Crippen molar-refractivity contribution in [1.82, 2.24) is 9.88 Å². The molecule has 0 atom stereocenters. The van der Waals surface area contributed by atoms with E-state index in [0.717, 1.165) is 11.3 Å². The van der Waals surface area contributed by atoms with Crippen molar-refractivity contribution >= 4 is 23.2 Å². The number of hydrogen-bond donors (Lipinski definition) is 1. The van der Waals surface area contributed by atoms with Crippen molar-refractivity contribution in [2.45, 2.75) is 6.54 Å². The van der Waals surface area contributed by atoms with Crippen molar-refractivity contribution in [3.8, 4) is 11.4 Å². The van der Waals surface area contributed by atoms with Crippen LogP contribution in [0.4, 0.5) is 0 Å². The second kappa shape index (κ2) is 7.88. The summed E-state index contributed by atoms with van der Waals surface area (Å²) < 4.78 is 11.8. The number of benzene rings is 1. The molecule has 1 N–H and O–H groups in total. The van der Waals surface area contributed by atoms with Crippen molar-refractivity contribution in [1.29, 1.82) is 0 Å². The molecule has 0 radical (unpaired) electrons. The van der Waals surface area contributed by atoms with Gasteiger partial charge in [-0.05, 0) is 41.3 Å². The molecule has 3 rings (SSSR count). The molecule has 0 aliphatic heterocycles. The van der Waals surface area contributed by atoms with E-state index in [1.807, 2.05) is 40.5 Å². The molecule has 0 aliphatic rings. The van der Waals surface area contributed by atoms with Gasteiger partial charge in [-0.25, -0.2) is 4.79 Å². The summed E-state index contributed by atoms with van der Waals surface area (Å²) in [5.74, 6) is -0.220. The molecule has 3 aromatic rings. The summed E-state index contributed by atoms with van der Waals surface area (Å²) >= 11 is 1.38. The van der Waals surface area contributed by atoms with Crippen molar-refractivity contribution in [2.75, 3.05) is 14.2 Å². The van der Waals surface area contributed by atoms with E-state index in [4.69, 9.17) is 9.47 Å². The number of methoxy groups -OCH3 is 2. The van der Waals surface area contributed by atoms with Crippen LogP contribution in [0.5, 0.6) is 5.75 Å². The highest BCUT2D eigenvalue weighted by atomic mass is 32.1. The first kappa shape index (κ1) is 17.8. The molecule has 134 valence electrons. The summed E-state index contributed by atoms with van der Waals surface area (Å²) in [4.78, 5) is 25.0. The summed E-state index contributed by atoms with van der Waals surface area (Å²) in [7, 11) is 2.80. The number of rotatable bonds is 6. The zero-order valence-corrected chi connectivity index (χ0v) is 15.2. The van der Waals surface area contributed by atoms with Gasteiger partial charge in [0.25, 0.3) is 5.91 Å². The third-order valence-electron chi connectivity index (χ3n) is 3.86. The highest BCUT2D eigenvalue weighted by Crippen LogP contribution is 2.23. The smallest absolute Gasteiger partial charge is 0.341 e. The molecule has 26 heavy (non-hydrogen) atoms. The van der Waals surface area contributed by atoms with Gasteiger partial charge in [0.15, 0.2) is 0 Å². The number of aromatic nitrogens is 1. The van der Waals surface area contributed by atoms with Crippen LogP contribution in [0.25, 0.3) is 5.69 Å². The molecule has 0 unspecified atom stereocenters. The minimum atomic E-state index is -0.483. The largest absolute Gasteiger partial charge is 0.496 e. The van der Waals surface area contributed by atoms with Crippen LogP contribution in [0.1, 0.15) is 25.6 Å². The van der Waals surface area contributed by atoms with Gasteiger partial charge in [-0.2, -0.15) is 0 Å². The average molecular weight is 370 g/mol. The number of esters is 1. The van der Waals surface area contributed by atoms with Gasteiger partial charge >= 0.3 is 5.97 Å². The molecule has 6 nitrogen and oxygen atoms in total. The van der Waals surface area contributed by atoms with Gasteiger partial charge < -0.3 is 19.4 Å². The van der Waals surface area contributed by atoms with Crippen LogP contribution in [0, 0.1) is 0 Å². The molecule has 0 bridgehead atoms. The molecule has 0 fully saturated rings. The van der Waals surface area contributed by atoms with Gasteiger partial charge in [-0.15, -0.1) is 11.3 Å². The van der Waals surface area contributed by atoms with E-state index in [1.165, 1.54) is 25.6 Å². The Kier molecular flexibility index (Phi) is 5.38. The second-order valence-electron chi connectivity index (χ2n) is 5.43. The Bertz CT molecular complexity index is 916. The lowest BCUT2D eigenvalue weighted by Crippen LogP contribution is -2.23. The fourth-order valence-electron chi connectivity index (χ4n) is 2.57. The number of amides is 1. The number of thiophene rings is 1. The lowest BCUT2D eigenvalue weighted by atomic mass is 10.1. The first-order valence-electron chi connectivity index (χ1n) is 7.88. The Hall–Kier alpha value is -3.06. The van der Waals surface area contributed by atoms with Crippen LogP contribution in [-0.2, 0) is 11.3 Å². The maximum atomic E-state index is 12.6. The Morgan fingerprint density at radius 1 is 1.15 bits per heavy atom. The molecule has 2 aromatic heterocycles. The predicted octanol–water partition coefficient (Wildman–Crippen LogP) is 3.26. The monoisotopic (exact) mass is 370 g/mol. The van der Waals surface area contributed by atoms with Gasteiger partial charge in [0.05, 0.1) is 19.9 Å². The summed E-state index contributed by atoms with van der Waals surface area (Å²) in [6.07, 6.45) is 3.79. The molecular formula is C19H18N2O4S. The highest BCUT2D eigenvalue weighted by molar-refractivity contribution is 7.12. The van der Waals surface area contributed by atoms with E-state index in [-0.39, 0.29) is 12.5 Å². The minimum Gasteiger partial charge on any atom is -0.496 e. The van der Waals surface area contributed by atoms with E-state index in [9.17, 15) is 9.59 Å². The van der Waals surface area contributed by atoms with Crippen LogP contribution in [0.15, 0.2) is 54.2 Å². The normalized spacial score (nSPS) is 10.4. The van der Waals surface area contributed by atoms with Crippen LogP contribution >= 0.6 is 11.3 Å². The lowest BCUT2D eigenvalue weighted by molar-refractivity contribution is 0.0597. The Balaban J connectivity index is 1.75. The average Bonchev–Trinajstić information content (AvgIpc) is 3.36. The lowest BCUT2D eigenvalue weighted by Gasteiger charge is -2.10. The molecule has 2 heterocycles. The Morgan fingerprint density at radius 2 is 1.92 bits per heavy atom. The number of carbonyl (C=O) groups excluding carboxylic acids is 2. The fourth-order valence-corrected chi connectivity index (χ4v) is 3.37. The minimum absolute atomic E-state index is 0.167. The van der Waals surface area contributed by atoms with Crippen LogP contribution in [-0.4, -0.2) is 30.7 Å². The zero-order valence-electron chi connectivity index (χ0n) is 14.4. The quantitative estimate of drug-likeness (QED) is 0.676. The predicted molar refractivity (Wildman–Crippen MR) is 99.1 cm³/mol. The molecule has 0 saturated carbocycles. The van der Waals surface area contributed by atoms with Gasteiger partial charge in [0.2, 0.25) is 0 Å². The van der Waals surface area contributed by atoms with E-state index in [0.29, 0.717) is 16.2 Å². The van der Waals surface area contributed by atoms with Crippen molar-refractivity contribution in [2.24, 2.45) is 0 Å². The third-order valence-corrected chi connectivity index (χ3v) is 4.76. The molecular weight excluding hydrogens is 352 g/mol. The number of nitrogens with one attached hydrogen (secondary N) is 1. The number of ether oxygens (including phenoxy) is 2. The van der Waals surface area contributed by atoms with Gasteiger partial charge in [-0.3, -0.25) is 4.79 Å². The molecule has 1 amide bonds. The fraction of sp³-hybridized carbons (Fsp3) is 0.158. The first-order chi connectivity index (χ1) is 12.6. The number of carbonyl (C=O) groups is 2. The maximum absolute atomic E-state index is 12.6. The Labute approximate surface area is 155 Å². The summed E-state index contributed by atoms with van der Waals surface area (Å²) in [6.45, 7) is 0.288. The van der Waals surface area contributed by atoms with Gasteiger partial charge in [-0.1, -0.05) is 6.07 Å². The van der Waals surface area contributed by atoms with Crippen molar-refractivity contribution < 1.29 is 19.1 Å². The van der Waals surface area contributed by atoms with Crippen LogP contribution < -0.4 is 10.1 Å². The summed E-state index contributed by atoms with van der Waals surface area (Å²) in [6, 6.07) is 10.9. The summed E-state index contributed by atoms with van der Waals surface area (Å²) in [5, 5.41) is 4.77. The number of hydrogen-bond acceptors (Lipinski definition) is 5. The SMILES string of the molecule is COC(=O)c1cc(CNC(=O)c2sccc2-n2cccc2)ccc1OC. The highest BCUT2D eigenvalue weighted by Gasteiger charge is 2.16. The van der Waals surface area contributed by atoms with E-state index in [2.05, 4.69) is 5.32 Å². The zero-order chi connectivity index (χ0) is 18.5. The molecule has 0 aliphatic carbocycles. The van der Waals surface area contributed by atoms with Crippen molar-refractivity contribution in [3.63, 3.8) is 0 Å². The van der Waals surface area contributed by atoms with Crippen LogP contribution in [0.3, 0.4) is 0 Å². The third kappa shape index (κ3) is 3.62. The standard InChI is InChI=1S/C19H18N2O4S/c1-24-16-6-5-13(11-14(16)19(23)25-2)12-20-18(22)17-15(7-10-26-17)21-8-3-4-9-21/h3-11H,12H2,1-2H3,(H,20,22). The first-order valence-corrected chi connectivity index (χ1v) is 8.76. The molecule has 1 aromatic carbocycles. The molecule has 0 saturated heterocycles. The second-order valence-corrected chi connectivity index (χ2v) is 6.35. The van der Waals surface area contributed by atoms with Crippen LogP contribution in [0.2, 0.25) is 0 Å². The van der Waals surface area contributed by atoms with Gasteiger partial charge in [0, 0.05) is 18.9 Å². The Morgan fingerprint density at radius 3 is 2.62 bits per heavy atom. The van der Waals surface area contributed by atoms with Gasteiger partial charge in [0.1, 0.15) is 16.2 Å². The summed E-state index contributed by atoms with van der Waals surface area (Å²) in [5.41, 5.74) is 1.94. The molecule has 7 heteroatoms. The topological polar surface area (TPSA) is 69.6 Å².